The summed E-state index contributed by atoms with van der Waals surface area (Å²) < 4.78 is 5.26. The number of pyridine rings is 1. The average Bonchev–Trinajstić information content (AvgIpc) is 2.71. The summed E-state index contributed by atoms with van der Waals surface area (Å²) in [5.41, 5.74) is 5.30. The highest BCUT2D eigenvalue weighted by molar-refractivity contribution is 7.99. The van der Waals surface area contributed by atoms with E-state index in [-0.39, 0.29) is 12.5 Å². The van der Waals surface area contributed by atoms with E-state index in [1.54, 1.807) is 18.3 Å². The lowest BCUT2D eigenvalue weighted by atomic mass is 10.1. The van der Waals surface area contributed by atoms with Crippen LogP contribution in [-0.4, -0.2) is 23.5 Å². The normalized spacial score (nSPS) is 10.5. The molecule has 1 aromatic heterocycles. The molecule has 30 heavy (non-hydrogen) atoms. The fraction of sp³-hybridized carbons (Fsp3) is 0.208. The Bertz CT molecular complexity index is 1060. The summed E-state index contributed by atoms with van der Waals surface area (Å²) in [5.74, 6) is -0.958. The van der Waals surface area contributed by atoms with Crippen LogP contribution in [0, 0.1) is 27.7 Å². The largest absolute Gasteiger partial charge is 0.452 e. The Morgan fingerprint density at radius 3 is 2.30 bits per heavy atom. The molecule has 0 saturated carbocycles. The number of esters is 1. The summed E-state index contributed by atoms with van der Waals surface area (Å²) in [6.07, 6.45) is 1.63. The number of ether oxygens (including phenoxy) is 1. The summed E-state index contributed by atoms with van der Waals surface area (Å²) in [6, 6.07) is 15.3. The van der Waals surface area contributed by atoms with Gasteiger partial charge in [-0.15, -0.1) is 0 Å². The fourth-order valence-corrected chi connectivity index (χ4v) is 3.98. The second-order valence-corrected chi connectivity index (χ2v) is 8.23. The number of hydrogen-bond acceptors (Lipinski definition) is 5. The number of benzene rings is 2. The minimum atomic E-state index is -0.579. The Morgan fingerprint density at radius 1 is 0.967 bits per heavy atom. The third-order valence-electron chi connectivity index (χ3n) is 4.50. The van der Waals surface area contributed by atoms with Gasteiger partial charge in [-0.1, -0.05) is 47.2 Å². The summed E-state index contributed by atoms with van der Waals surface area (Å²) in [4.78, 5) is 30.2. The van der Waals surface area contributed by atoms with Crippen LogP contribution in [0.1, 0.15) is 32.6 Å². The number of nitrogens with one attached hydrogen (secondary N) is 1. The highest BCUT2D eigenvalue weighted by Crippen LogP contribution is 2.29. The van der Waals surface area contributed by atoms with Crippen LogP contribution >= 0.6 is 11.8 Å². The predicted molar refractivity (Wildman–Crippen MR) is 119 cm³/mol. The maximum absolute atomic E-state index is 12.6. The first-order valence-corrected chi connectivity index (χ1v) is 10.4. The lowest BCUT2D eigenvalue weighted by Gasteiger charge is -2.13. The standard InChI is InChI=1S/C24H24N2O3S/c1-15-7-9-19(10-8-15)30-23-20(6-5-11-25-23)24(28)29-14-21(27)26-22-17(3)12-16(2)13-18(22)4/h5-13H,14H2,1-4H3,(H,26,27). The van der Waals surface area contributed by atoms with Crippen molar-refractivity contribution >= 4 is 29.3 Å². The zero-order chi connectivity index (χ0) is 21.7. The van der Waals surface area contributed by atoms with Gasteiger partial charge >= 0.3 is 5.97 Å². The number of carbonyl (C=O) groups is 2. The molecule has 0 radical (unpaired) electrons. The second-order valence-electron chi connectivity index (χ2n) is 7.17. The van der Waals surface area contributed by atoms with Gasteiger partial charge in [0.2, 0.25) is 0 Å². The van der Waals surface area contributed by atoms with Gasteiger partial charge in [-0.3, -0.25) is 4.79 Å². The quantitative estimate of drug-likeness (QED) is 0.551. The molecular weight excluding hydrogens is 396 g/mol. The molecule has 0 unspecified atom stereocenters. The number of rotatable bonds is 6. The second kappa shape index (κ2) is 9.59. The minimum absolute atomic E-state index is 0.332. The van der Waals surface area contributed by atoms with E-state index >= 15 is 0 Å². The molecule has 5 nitrogen and oxygen atoms in total. The van der Waals surface area contributed by atoms with Gasteiger partial charge in [0, 0.05) is 16.8 Å². The molecule has 0 spiro atoms. The van der Waals surface area contributed by atoms with Crippen molar-refractivity contribution in [2.75, 3.05) is 11.9 Å². The van der Waals surface area contributed by atoms with E-state index in [9.17, 15) is 9.59 Å². The van der Waals surface area contributed by atoms with Crippen molar-refractivity contribution in [2.24, 2.45) is 0 Å². The Kier molecular flexibility index (Phi) is 6.90. The molecule has 0 bridgehead atoms. The highest BCUT2D eigenvalue weighted by atomic mass is 32.2. The number of anilines is 1. The summed E-state index contributed by atoms with van der Waals surface area (Å²) in [6.45, 7) is 7.53. The maximum Gasteiger partial charge on any atom is 0.341 e. The van der Waals surface area contributed by atoms with Crippen molar-refractivity contribution in [1.29, 1.82) is 0 Å². The van der Waals surface area contributed by atoms with Gasteiger partial charge < -0.3 is 10.1 Å². The molecule has 6 heteroatoms. The van der Waals surface area contributed by atoms with Gasteiger partial charge in [-0.05, 0) is 63.1 Å². The number of amides is 1. The molecule has 0 aliphatic carbocycles. The lowest BCUT2D eigenvalue weighted by Crippen LogP contribution is -2.22. The van der Waals surface area contributed by atoms with Crippen LogP contribution in [0.2, 0.25) is 0 Å². The van der Waals surface area contributed by atoms with Gasteiger partial charge in [0.15, 0.2) is 6.61 Å². The van der Waals surface area contributed by atoms with Crippen LogP contribution in [0.15, 0.2) is 64.6 Å². The van der Waals surface area contributed by atoms with E-state index in [0.717, 1.165) is 32.8 Å². The van der Waals surface area contributed by atoms with Crippen molar-refractivity contribution in [1.82, 2.24) is 4.98 Å². The Hall–Kier alpha value is -3.12. The zero-order valence-electron chi connectivity index (χ0n) is 17.5. The van der Waals surface area contributed by atoms with Crippen LogP contribution < -0.4 is 5.32 Å². The summed E-state index contributed by atoms with van der Waals surface area (Å²) in [5, 5.41) is 3.37. The third kappa shape index (κ3) is 5.48. The maximum atomic E-state index is 12.6. The first-order chi connectivity index (χ1) is 14.3. The number of nitrogens with zero attached hydrogens (tertiary/aromatic N) is 1. The average molecular weight is 421 g/mol. The SMILES string of the molecule is Cc1ccc(Sc2ncccc2C(=O)OCC(=O)Nc2c(C)cc(C)cc2C)cc1. The molecule has 1 amide bonds. The fourth-order valence-electron chi connectivity index (χ4n) is 3.11. The van der Waals surface area contributed by atoms with Crippen LogP contribution in [-0.2, 0) is 9.53 Å². The topological polar surface area (TPSA) is 68.3 Å². The van der Waals surface area contributed by atoms with Gasteiger partial charge in [-0.25, -0.2) is 9.78 Å². The van der Waals surface area contributed by atoms with Crippen molar-refractivity contribution in [3.05, 3.63) is 82.5 Å². The van der Waals surface area contributed by atoms with Crippen LogP contribution in [0.25, 0.3) is 0 Å². The molecule has 1 heterocycles. The number of carbonyl (C=O) groups excluding carboxylic acids is 2. The van der Waals surface area contributed by atoms with Crippen molar-refractivity contribution in [3.8, 4) is 0 Å². The molecule has 0 fully saturated rings. The van der Waals surface area contributed by atoms with E-state index in [1.165, 1.54) is 11.8 Å². The number of aryl methyl sites for hydroxylation is 4. The van der Waals surface area contributed by atoms with E-state index in [2.05, 4.69) is 10.3 Å². The van der Waals surface area contributed by atoms with Crippen LogP contribution in [0.4, 0.5) is 5.69 Å². The third-order valence-corrected chi connectivity index (χ3v) is 5.53. The molecule has 0 aliphatic rings. The Morgan fingerprint density at radius 2 is 1.63 bits per heavy atom. The molecule has 1 N–H and O–H groups in total. The van der Waals surface area contributed by atoms with E-state index in [4.69, 9.17) is 4.74 Å². The first kappa shape index (κ1) is 21.6. The smallest absolute Gasteiger partial charge is 0.341 e. The summed E-state index contributed by atoms with van der Waals surface area (Å²) in [7, 11) is 0. The molecule has 154 valence electrons. The van der Waals surface area contributed by atoms with Gasteiger partial charge in [0.25, 0.3) is 5.91 Å². The molecule has 3 aromatic rings. The zero-order valence-corrected chi connectivity index (χ0v) is 18.3. The summed E-state index contributed by atoms with van der Waals surface area (Å²) >= 11 is 1.38. The molecule has 0 aliphatic heterocycles. The van der Waals surface area contributed by atoms with Gasteiger partial charge in [-0.2, -0.15) is 0 Å². The minimum Gasteiger partial charge on any atom is -0.452 e. The van der Waals surface area contributed by atoms with Crippen LogP contribution in [0.5, 0.6) is 0 Å². The molecule has 2 aromatic carbocycles. The monoisotopic (exact) mass is 420 g/mol. The van der Waals surface area contributed by atoms with E-state index < -0.39 is 5.97 Å². The van der Waals surface area contributed by atoms with Crippen molar-refractivity contribution < 1.29 is 14.3 Å². The first-order valence-electron chi connectivity index (χ1n) is 9.58. The van der Waals surface area contributed by atoms with E-state index in [1.807, 2.05) is 64.1 Å². The molecule has 0 saturated heterocycles. The van der Waals surface area contributed by atoms with Gasteiger partial charge in [0.05, 0.1) is 5.56 Å². The number of aromatic nitrogens is 1. The predicted octanol–water partition coefficient (Wildman–Crippen LogP) is 5.26. The Balaban J connectivity index is 1.65. The lowest BCUT2D eigenvalue weighted by molar-refractivity contribution is -0.119. The molecule has 3 rings (SSSR count). The van der Waals surface area contributed by atoms with E-state index in [0.29, 0.717) is 10.6 Å². The molecular formula is C24H24N2O3S. The number of hydrogen-bond donors (Lipinski definition) is 1. The van der Waals surface area contributed by atoms with Crippen LogP contribution in [0.3, 0.4) is 0 Å². The Labute approximate surface area is 180 Å². The van der Waals surface area contributed by atoms with Crippen molar-refractivity contribution in [2.45, 2.75) is 37.6 Å². The van der Waals surface area contributed by atoms with Crippen molar-refractivity contribution in [3.63, 3.8) is 0 Å². The highest BCUT2D eigenvalue weighted by Gasteiger charge is 2.17. The van der Waals surface area contributed by atoms with Gasteiger partial charge in [0.1, 0.15) is 5.03 Å². The molecule has 0 atom stereocenters.